The van der Waals surface area contributed by atoms with Crippen LogP contribution in [0.5, 0.6) is 0 Å². The highest BCUT2D eigenvalue weighted by molar-refractivity contribution is 5.06. The molecule has 88 valence electrons. The van der Waals surface area contributed by atoms with E-state index in [1.54, 1.807) is 0 Å². The molecule has 2 nitrogen and oxygen atoms in total. The topological polar surface area (TPSA) is 6.48 Å². The van der Waals surface area contributed by atoms with Crippen molar-refractivity contribution in [2.24, 2.45) is 10.8 Å². The van der Waals surface area contributed by atoms with Gasteiger partial charge in [0, 0.05) is 44.2 Å². The van der Waals surface area contributed by atoms with Crippen molar-refractivity contribution in [1.82, 2.24) is 9.80 Å². The number of hydrogen-bond donors (Lipinski definition) is 0. The molecule has 2 fully saturated rings. The van der Waals surface area contributed by atoms with Crippen LogP contribution in [-0.2, 0) is 0 Å². The average molecular weight is 210 g/mol. The summed E-state index contributed by atoms with van der Waals surface area (Å²) in [5.74, 6) is 0. The summed E-state index contributed by atoms with van der Waals surface area (Å²) < 4.78 is 0. The zero-order chi connectivity index (χ0) is 11.3. The molecule has 1 spiro atoms. The molecule has 2 heterocycles. The maximum Gasteiger partial charge on any atom is 0.0212 e. The first-order chi connectivity index (χ1) is 6.80. The Labute approximate surface area is 94.6 Å². The van der Waals surface area contributed by atoms with E-state index in [4.69, 9.17) is 0 Å². The van der Waals surface area contributed by atoms with Crippen LogP contribution in [-0.4, -0.2) is 48.6 Å². The molecule has 0 bridgehead atoms. The average Bonchev–Trinajstić information content (AvgIpc) is 1.87. The Morgan fingerprint density at radius 3 is 2.00 bits per heavy atom. The van der Waals surface area contributed by atoms with E-state index in [9.17, 15) is 0 Å². The molecule has 2 aliphatic rings. The second kappa shape index (κ2) is 3.46. The van der Waals surface area contributed by atoms with E-state index in [-0.39, 0.29) is 0 Å². The van der Waals surface area contributed by atoms with Crippen molar-refractivity contribution in [3.63, 3.8) is 0 Å². The predicted octanol–water partition coefficient (Wildman–Crippen LogP) is 2.06. The van der Waals surface area contributed by atoms with Crippen molar-refractivity contribution in [3.8, 4) is 0 Å². The van der Waals surface area contributed by atoms with Crippen LogP contribution in [0, 0.1) is 10.8 Å². The Kier molecular flexibility index (Phi) is 2.63. The standard InChI is InChI=1S/C13H26N2/c1-11(2)15-9-13(10-15)7-14(8-13)6-12(3,4)5/h11H,6-10H2,1-5H3. The Bertz CT molecular complexity index is 225. The van der Waals surface area contributed by atoms with Gasteiger partial charge in [0.25, 0.3) is 0 Å². The monoisotopic (exact) mass is 210 g/mol. The summed E-state index contributed by atoms with van der Waals surface area (Å²) in [5.41, 5.74) is 1.15. The highest BCUT2D eigenvalue weighted by atomic mass is 15.3. The molecule has 0 aromatic rings. The van der Waals surface area contributed by atoms with Gasteiger partial charge in [-0.3, -0.25) is 4.90 Å². The van der Waals surface area contributed by atoms with Crippen LogP contribution in [0.4, 0.5) is 0 Å². The summed E-state index contributed by atoms with van der Waals surface area (Å²) in [5, 5.41) is 0. The molecule has 2 saturated heterocycles. The Morgan fingerprint density at radius 2 is 1.60 bits per heavy atom. The Hall–Kier alpha value is -0.0800. The van der Waals surface area contributed by atoms with Gasteiger partial charge in [-0.05, 0) is 19.3 Å². The molecule has 0 radical (unpaired) electrons. The first-order valence-corrected chi connectivity index (χ1v) is 6.26. The summed E-state index contributed by atoms with van der Waals surface area (Å²) in [4.78, 5) is 5.21. The summed E-state index contributed by atoms with van der Waals surface area (Å²) in [6, 6.07) is 0.743. The number of likely N-dealkylation sites (tertiary alicyclic amines) is 2. The fraction of sp³-hybridized carbons (Fsp3) is 1.00. The van der Waals surface area contributed by atoms with E-state index in [0.29, 0.717) is 10.8 Å². The minimum Gasteiger partial charge on any atom is -0.301 e. The summed E-state index contributed by atoms with van der Waals surface area (Å²) in [6.07, 6.45) is 0. The highest BCUT2D eigenvalue weighted by Crippen LogP contribution is 2.41. The lowest BCUT2D eigenvalue weighted by atomic mass is 9.71. The van der Waals surface area contributed by atoms with Crippen LogP contribution < -0.4 is 0 Å². The van der Waals surface area contributed by atoms with Crippen LogP contribution in [0.2, 0.25) is 0 Å². The highest BCUT2D eigenvalue weighted by Gasteiger charge is 2.52. The molecule has 2 heteroatoms. The zero-order valence-electron chi connectivity index (χ0n) is 11.0. The normalized spacial score (nSPS) is 26.8. The van der Waals surface area contributed by atoms with Gasteiger partial charge in [0.2, 0.25) is 0 Å². The fourth-order valence-corrected chi connectivity index (χ4v) is 3.07. The summed E-state index contributed by atoms with van der Waals surface area (Å²) in [7, 11) is 0. The van der Waals surface area contributed by atoms with Gasteiger partial charge in [0.15, 0.2) is 0 Å². The second-order valence-electron chi connectivity index (χ2n) is 7.20. The second-order valence-corrected chi connectivity index (χ2v) is 7.20. The van der Waals surface area contributed by atoms with Gasteiger partial charge in [-0.2, -0.15) is 0 Å². The summed E-state index contributed by atoms with van der Waals surface area (Å²) >= 11 is 0. The first-order valence-electron chi connectivity index (χ1n) is 6.26. The van der Waals surface area contributed by atoms with Crippen molar-refractivity contribution < 1.29 is 0 Å². The van der Waals surface area contributed by atoms with Crippen molar-refractivity contribution in [3.05, 3.63) is 0 Å². The van der Waals surface area contributed by atoms with E-state index in [1.807, 2.05) is 0 Å². The van der Waals surface area contributed by atoms with E-state index in [1.165, 1.54) is 32.7 Å². The first kappa shape index (κ1) is 11.4. The SMILES string of the molecule is CC(C)N1CC2(CN(CC(C)(C)C)C2)C1. The number of rotatable bonds is 2. The molecule has 0 aromatic carbocycles. The molecule has 0 saturated carbocycles. The predicted molar refractivity (Wildman–Crippen MR) is 65.0 cm³/mol. The van der Waals surface area contributed by atoms with E-state index in [0.717, 1.165) is 6.04 Å². The van der Waals surface area contributed by atoms with Crippen molar-refractivity contribution >= 4 is 0 Å². The van der Waals surface area contributed by atoms with E-state index in [2.05, 4.69) is 44.4 Å². The molecule has 15 heavy (non-hydrogen) atoms. The maximum atomic E-state index is 2.62. The lowest BCUT2D eigenvalue weighted by molar-refractivity contribution is -0.132. The lowest BCUT2D eigenvalue weighted by Gasteiger charge is -2.62. The Morgan fingerprint density at radius 1 is 1.07 bits per heavy atom. The molecule has 0 amide bonds. The van der Waals surface area contributed by atoms with Crippen LogP contribution >= 0.6 is 0 Å². The van der Waals surface area contributed by atoms with Gasteiger partial charge in [0.05, 0.1) is 0 Å². The molecule has 2 aliphatic heterocycles. The van der Waals surface area contributed by atoms with Crippen molar-refractivity contribution in [1.29, 1.82) is 0 Å². The van der Waals surface area contributed by atoms with E-state index >= 15 is 0 Å². The van der Waals surface area contributed by atoms with Crippen molar-refractivity contribution in [2.75, 3.05) is 32.7 Å². The van der Waals surface area contributed by atoms with Crippen LogP contribution in [0.3, 0.4) is 0 Å². The molecule has 0 atom stereocenters. The minimum atomic E-state index is 0.461. The van der Waals surface area contributed by atoms with Gasteiger partial charge in [-0.1, -0.05) is 20.8 Å². The van der Waals surface area contributed by atoms with Gasteiger partial charge in [-0.25, -0.2) is 0 Å². The minimum absolute atomic E-state index is 0.461. The third-order valence-electron chi connectivity index (χ3n) is 3.62. The molecular formula is C13H26N2. The van der Waals surface area contributed by atoms with Gasteiger partial charge < -0.3 is 4.90 Å². The van der Waals surface area contributed by atoms with Gasteiger partial charge in [0.1, 0.15) is 0 Å². The smallest absolute Gasteiger partial charge is 0.0212 e. The zero-order valence-corrected chi connectivity index (χ0v) is 11.0. The maximum absolute atomic E-state index is 2.62. The Balaban J connectivity index is 1.71. The van der Waals surface area contributed by atoms with E-state index < -0.39 is 0 Å². The fourth-order valence-electron chi connectivity index (χ4n) is 3.07. The lowest BCUT2D eigenvalue weighted by Crippen LogP contribution is -2.73. The molecule has 0 aromatic heterocycles. The number of nitrogens with zero attached hydrogens (tertiary/aromatic N) is 2. The van der Waals surface area contributed by atoms with Gasteiger partial charge in [-0.15, -0.1) is 0 Å². The molecule has 0 unspecified atom stereocenters. The number of hydrogen-bond acceptors (Lipinski definition) is 2. The third kappa shape index (κ3) is 2.36. The van der Waals surface area contributed by atoms with Crippen LogP contribution in [0.15, 0.2) is 0 Å². The summed E-state index contributed by atoms with van der Waals surface area (Å²) in [6.45, 7) is 18.2. The molecule has 0 aliphatic carbocycles. The molecular weight excluding hydrogens is 184 g/mol. The molecule has 0 N–H and O–H groups in total. The van der Waals surface area contributed by atoms with Gasteiger partial charge >= 0.3 is 0 Å². The molecule has 2 rings (SSSR count). The van der Waals surface area contributed by atoms with Crippen LogP contribution in [0.1, 0.15) is 34.6 Å². The van der Waals surface area contributed by atoms with Crippen LogP contribution in [0.25, 0.3) is 0 Å². The quantitative estimate of drug-likeness (QED) is 0.688. The van der Waals surface area contributed by atoms with Crippen molar-refractivity contribution in [2.45, 2.75) is 40.7 Å². The third-order valence-corrected chi connectivity index (χ3v) is 3.62. The largest absolute Gasteiger partial charge is 0.301 e.